The lowest BCUT2D eigenvalue weighted by Gasteiger charge is -2.11. The number of carbonyl (C=O) groups excluding carboxylic acids is 1. The summed E-state index contributed by atoms with van der Waals surface area (Å²) in [6, 6.07) is 5.31. The van der Waals surface area contributed by atoms with Gasteiger partial charge in [0, 0.05) is 18.8 Å². The van der Waals surface area contributed by atoms with E-state index in [4.69, 9.17) is 9.47 Å². The number of benzene rings is 1. The molecule has 0 spiro atoms. The molecule has 1 aliphatic rings. The molecule has 0 radical (unpaired) electrons. The summed E-state index contributed by atoms with van der Waals surface area (Å²) in [4.78, 5) is 12.2. The van der Waals surface area contributed by atoms with E-state index >= 15 is 0 Å². The van der Waals surface area contributed by atoms with Crippen LogP contribution in [0.25, 0.3) is 0 Å². The second-order valence-electron chi connectivity index (χ2n) is 4.54. The predicted molar refractivity (Wildman–Crippen MR) is 77.5 cm³/mol. The molecule has 110 valence electrons. The van der Waals surface area contributed by atoms with E-state index in [2.05, 4.69) is 15.5 Å². The third-order valence-corrected chi connectivity index (χ3v) is 4.11. The number of ether oxygens (including phenoxy) is 2. The fourth-order valence-electron chi connectivity index (χ4n) is 1.81. The Morgan fingerprint density at radius 2 is 2.24 bits per heavy atom. The van der Waals surface area contributed by atoms with E-state index in [1.807, 2.05) is 14.0 Å². The number of hydrogen-bond acceptors (Lipinski definition) is 6. The van der Waals surface area contributed by atoms with Gasteiger partial charge in [0.25, 0.3) is 0 Å². The number of carbonyl (C=O) groups is 1. The topological polar surface area (TPSA) is 78.3 Å². The zero-order valence-electron chi connectivity index (χ0n) is 11.6. The van der Waals surface area contributed by atoms with E-state index in [1.54, 1.807) is 29.1 Å². The highest BCUT2D eigenvalue weighted by Crippen LogP contribution is 2.34. The summed E-state index contributed by atoms with van der Waals surface area (Å²) >= 11 is 1.35. The second kappa shape index (κ2) is 5.65. The van der Waals surface area contributed by atoms with Crippen molar-refractivity contribution in [2.24, 2.45) is 7.05 Å². The average molecular weight is 306 g/mol. The van der Waals surface area contributed by atoms with Crippen LogP contribution in [0.15, 0.2) is 29.7 Å². The smallest absolute Gasteiger partial charge is 0.237 e. The number of fused-ring (bicyclic) bond motifs is 1. The molecule has 0 saturated carbocycles. The minimum atomic E-state index is -0.293. The molecule has 8 heteroatoms. The van der Waals surface area contributed by atoms with E-state index < -0.39 is 0 Å². The summed E-state index contributed by atoms with van der Waals surface area (Å²) in [6.45, 7) is 2.03. The Hall–Kier alpha value is -2.22. The van der Waals surface area contributed by atoms with Crippen molar-refractivity contribution in [3.63, 3.8) is 0 Å². The molecule has 1 aromatic heterocycles. The lowest BCUT2D eigenvalue weighted by Crippen LogP contribution is -2.22. The highest BCUT2D eigenvalue weighted by molar-refractivity contribution is 8.00. The minimum absolute atomic E-state index is 0.109. The molecule has 1 amide bonds. The Labute approximate surface area is 125 Å². The number of hydrogen-bond donors (Lipinski definition) is 1. The van der Waals surface area contributed by atoms with Gasteiger partial charge < -0.3 is 19.4 Å². The molecule has 0 saturated heterocycles. The normalized spacial score (nSPS) is 14.0. The van der Waals surface area contributed by atoms with Crippen molar-refractivity contribution in [1.82, 2.24) is 14.8 Å². The summed E-state index contributed by atoms with van der Waals surface area (Å²) < 4.78 is 12.3. The molecule has 2 aromatic rings. The molecule has 3 rings (SSSR count). The third-order valence-electron chi connectivity index (χ3n) is 2.96. The molecule has 1 atom stereocenters. The number of anilines is 1. The molecule has 1 N–H and O–H groups in total. The van der Waals surface area contributed by atoms with Gasteiger partial charge in [0.2, 0.25) is 12.7 Å². The van der Waals surface area contributed by atoms with E-state index in [9.17, 15) is 4.79 Å². The van der Waals surface area contributed by atoms with Crippen molar-refractivity contribution in [2.45, 2.75) is 17.3 Å². The maximum Gasteiger partial charge on any atom is 0.237 e. The zero-order valence-corrected chi connectivity index (χ0v) is 12.4. The SMILES string of the molecule is C[C@@H](Sc1nncn1C)C(=O)Nc1ccc2c(c1)OCO2. The summed E-state index contributed by atoms with van der Waals surface area (Å²) in [6.07, 6.45) is 1.60. The maximum atomic E-state index is 12.2. The number of thioether (sulfide) groups is 1. The Morgan fingerprint density at radius 3 is 3.00 bits per heavy atom. The number of nitrogens with zero attached hydrogens (tertiary/aromatic N) is 3. The van der Waals surface area contributed by atoms with Gasteiger partial charge >= 0.3 is 0 Å². The molecule has 21 heavy (non-hydrogen) atoms. The van der Waals surface area contributed by atoms with Gasteiger partial charge in [-0.15, -0.1) is 10.2 Å². The fourth-order valence-corrected chi connectivity index (χ4v) is 2.60. The van der Waals surface area contributed by atoms with E-state index in [0.29, 0.717) is 22.3 Å². The van der Waals surface area contributed by atoms with Crippen molar-refractivity contribution in [1.29, 1.82) is 0 Å². The molecule has 1 aromatic carbocycles. The van der Waals surface area contributed by atoms with Crippen molar-refractivity contribution >= 4 is 23.4 Å². The van der Waals surface area contributed by atoms with Crippen molar-refractivity contribution in [2.75, 3.05) is 12.1 Å². The van der Waals surface area contributed by atoms with Gasteiger partial charge in [0.05, 0.1) is 5.25 Å². The average Bonchev–Trinajstić information content (AvgIpc) is 3.07. The second-order valence-corrected chi connectivity index (χ2v) is 5.85. The Bertz CT molecular complexity index is 673. The first kappa shape index (κ1) is 13.7. The Balaban J connectivity index is 1.64. The van der Waals surface area contributed by atoms with Crippen molar-refractivity contribution in [3.05, 3.63) is 24.5 Å². The zero-order chi connectivity index (χ0) is 14.8. The molecule has 0 unspecified atom stereocenters. The van der Waals surface area contributed by atoms with Crippen LogP contribution in [-0.4, -0.2) is 32.7 Å². The highest BCUT2D eigenvalue weighted by Gasteiger charge is 2.19. The van der Waals surface area contributed by atoms with E-state index in [1.165, 1.54) is 11.8 Å². The fraction of sp³-hybridized carbons (Fsp3) is 0.308. The molecule has 0 aliphatic carbocycles. The minimum Gasteiger partial charge on any atom is -0.454 e. The lowest BCUT2D eigenvalue weighted by molar-refractivity contribution is -0.115. The highest BCUT2D eigenvalue weighted by atomic mass is 32.2. The largest absolute Gasteiger partial charge is 0.454 e. The number of aryl methyl sites for hydroxylation is 1. The first-order valence-electron chi connectivity index (χ1n) is 6.34. The van der Waals surface area contributed by atoms with Crippen LogP contribution in [0, 0.1) is 0 Å². The van der Waals surface area contributed by atoms with Gasteiger partial charge in [-0.3, -0.25) is 4.79 Å². The van der Waals surface area contributed by atoms with Crippen LogP contribution in [-0.2, 0) is 11.8 Å². The number of nitrogens with one attached hydrogen (secondary N) is 1. The van der Waals surface area contributed by atoms with Gasteiger partial charge in [-0.2, -0.15) is 0 Å². The van der Waals surface area contributed by atoms with Crippen LogP contribution in [0.1, 0.15) is 6.92 Å². The number of rotatable bonds is 4. The first-order valence-corrected chi connectivity index (χ1v) is 7.22. The monoisotopic (exact) mass is 306 g/mol. The standard InChI is InChI=1S/C13H14N4O3S/c1-8(21-13-16-14-6-17(13)2)12(18)15-9-3-4-10-11(5-9)20-7-19-10/h3-6,8H,7H2,1-2H3,(H,15,18)/t8-/m1/s1. The molecule has 1 aliphatic heterocycles. The van der Waals surface area contributed by atoms with E-state index in [-0.39, 0.29) is 18.0 Å². The summed E-state index contributed by atoms with van der Waals surface area (Å²) in [5.41, 5.74) is 0.676. The third kappa shape index (κ3) is 2.94. The van der Waals surface area contributed by atoms with Gasteiger partial charge in [0.15, 0.2) is 16.7 Å². The first-order chi connectivity index (χ1) is 10.1. The van der Waals surface area contributed by atoms with Gasteiger partial charge in [-0.25, -0.2) is 0 Å². The van der Waals surface area contributed by atoms with Crippen LogP contribution in [0.5, 0.6) is 11.5 Å². The number of amides is 1. The summed E-state index contributed by atoms with van der Waals surface area (Å²) in [5, 5.41) is 11.0. The summed E-state index contributed by atoms with van der Waals surface area (Å²) in [7, 11) is 1.84. The molecule has 0 fully saturated rings. The predicted octanol–water partition coefficient (Wildman–Crippen LogP) is 1.66. The van der Waals surface area contributed by atoms with Gasteiger partial charge in [-0.1, -0.05) is 11.8 Å². The van der Waals surface area contributed by atoms with Gasteiger partial charge in [0.1, 0.15) is 6.33 Å². The molecule has 7 nitrogen and oxygen atoms in total. The summed E-state index contributed by atoms with van der Waals surface area (Å²) in [5.74, 6) is 1.22. The Morgan fingerprint density at radius 1 is 1.43 bits per heavy atom. The molecular weight excluding hydrogens is 292 g/mol. The van der Waals surface area contributed by atoms with Crippen LogP contribution < -0.4 is 14.8 Å². The quantitative estimate of drug-likeness (QED) is 0.866. The lowest BCUT2D eigenvalue weighted by atomic mass is 10.2. The van der Waals surface area contributed by atoms with Crippen molar-refractivity contribution in [3.8, 4) is 11.5 Å². The van der Waals surface area contributed by atoms with Crippen LogP contribution in [0.4, 0.5) is 5.69 Å². The maximum absolute atomic E-state index is 12.2. The number of aromatic nitrogens is 3. The van der Waals surface area contributed by atoms with Crippen LogP contribution in [0.2, 0.25) is 0 Å². The molecule has 2 heterocycles. The van der Waals surface area contributed by atoms with E-state index in [0.717, 1.165) is 0 Å². The van der Waals surface area contributed by atoms with Gasteiger partial charge in [-0.05, 0) is 19.1 Å². The van der Waals surface area contributed by atoms with Crippen LogP contribution in [0.3, 0.4) is 0 Å². The Kier molecular flexibility index (Phi) is 3.70. The molecule has 0 bridgehead atoms. The molecular formula is C13H14N4O3S. The van der Waals surface area contributed by atoms with Crippen molar-refractivity contribution < 1.29 is 14.3 Å². The van der Waals surface area contributed by atoms with Crippen LogP contribution >= 0.6 is 11.8 Å².